The van der Waals surface area contributed by atoms with Gasteiger partial charge >= 0.3 is 6.18 Å². The highest BCUT2D eigenvalue weighted by atomic mass is 32.2. The first kappa shape index (κ1) is 28.8. The standard InChI is InChI=1S/C26H22F5N5O3S2/c27-19-2-3-20(35-41(38,39)10-5-26(29,30)31)23(28)22(19)24(37)18-14-34-25-17(18)11-16(13-33-25)15-1-4-21(32-12-15)36-6-8-40-9-7-36/h1-4,11-14,35H,5-10H2,(H,33,34). The largest absolute Gasteiger partial charge is 0.390 e. The first-order valence-electron chi connectivity index (χ1n) is 12.3. The molecule has 1 fully saturated rings. The molecule has 0 amide bonds. The fraction of sp³-hybridized carbons (Fsp3) is 0.269. The summed E-state index contributed by atoms with van der Waals surface area (Å²) in [6.45, 7) is 1.78. The van der Waals surface area contributed by atoms with E-state index in [1.807, 2.05) is 23.9 Å². The Morgan fingerprint density at radius 1 is 1.05 bits per heavy atom. The van der Waals surface area contributed by atoms with Crippen molar-refractivity contribution in [2.45, 2.75) is 12.6 Å². The second-order valence-corrected chi connectivity index (χ2v) is 12.3. The lowest BCUT2D eigenvalue weighted by molar-refractivity contribution is -0.129. The number of hydrogen-bond donors (Lipinski definition) is 2. The molecule has 216 valence electrons. The van der Waals surface area contributed by atoms with Gasteiger partial charge in [0, 0.05) is 65.3 Å². The van der Waals surface area contributed by atoms with Gasteiger partial charge in [-0.05, 0) is 30.3 Å². The van der Waals surface area contributed by atoms with E-state index in [2.05, 4.69) is 19.9 Å². The Morgan fingerprint density at radius 3 is 2.46 bits per heavy atom. The number of aromatic nitrogens is 3. The van der Waals surface area contributed by atoms with Crippen molar-refractivity contribution >= 4 is 50.1 Å². The number of rotatable bonds is 8. The zero-order valence-electron chi connectivity index (χ0n) is 21.1. The molecule has 41 heavy (non-hydrogen) atoms. The Hall–Kier alpha value is -3.72. The molecule has 1 saturated heterocycles. The number of ketones is 1. The third-order valence-corrected chi connectivity index (χ3v) is 8.64. The molecule has 4 aromatic rings. The second kappa shape index (κ2) is 11.3. The minimum Gasteiger partial charge on any atom is -0.355 e. The topological polar surface area (TPSA) is 108 Å². The average molecular weight is 612 g/mol. The quantitative estimate of drug-likeness (QED) is 0.204. The summed E-state index contributed by atoms with van der Waals surface area (Å²) < 4.78 is 93.2. The number of sulfonamides is 1. The molecule has 0 bridgehead atoms. The second-order valence-electron chi connectivity index (χ2n) is 9.23. The van der Waals surface area contributed by atoms with Gasteiger partial charge in [0.2, 0.25) is 15.8 Å². The van der Waals surface area contributed by atoms with Crippen LogP contribution in [0.4, 0.5) is 33.5 Å². The molecule has 4 heterocycles. The zero-order valence-corrected chi connectivity index (χ0v) is 22.8. The number of nitrogens with one attached hydrogen (secondary N) is 2. The SMILES string of the molecule is O=C(c1c(F)ccc(NS(=O)(=O)CCC(F)(F)F)c1F)c1c[nH]c2ncc(-c3ccc(N4CCSCC4)nc3)cc12. The Bertz CT molecular complexity index is 1700. The maximum absolute atomic E-state index is 15.3. The van der Waals surface area contributed by atoms with Gasteiger partial charge in [-0.1, -0.05) is 0 Å². The molecule has 5 rings (SSSR count). The predicted molar refractivity (Wildman–Crippen MR) is 147 cm³/mol. The molecule has 0 atom stereocenters. The number of thioether (sulfide) groups is 1. The molecular formula is C26H22F5N5O3S2. The van der Waals surface area contributed by atoms with Crippen LogP contribution in [0.25, 0.3) is 22.2 Å². The molecule has 2 N–H and O–H groups in total. The Balaban J connectivity index is 1.44. The van der Waals surface area contributed by atoms with Crippen LogP contribution in [-0.2, 0) is 10.0 Å². The minimum atomic E-state index is -4.76. The first-order valence-corrected chi connectivity index (χ1v) is 15.1. The number of benzene rings is 1. The van der Waals surface area contributed by atoms with E-state index in [4.69, 9.17) is 0 Å². The summed E-state index contributed by atoms with van der Waals surface area (Å²) in [5.74, 6) is -2.45. The molecule has 0 unspecified atom stereocenters. The van der Waals surface area contributed by atoms with E-state index in [0.29, 0.717) is 23.3 Å². The van der Waals surface area contributed by atoms with Crippen molar-refractivity contribution in [3.63, 3.8) is 0 Å². The van der Waals surface area contributed by atoms with Crippen molar-refractivity contribution in [2.75, 3.05) is 40.0 Å². The number of halogens is 5. The van der Waals surface area contributed by atoms with Gasteiger partial charge in [0.25, 0.3) is 0 Å². The van der Waals surface area contributed by atoms with Gasteiger partial charge in [0.05, 0.1) is 23.4 Å². The van der Waals surface area contributed by atoms with Gasteiger partial charge in [-0.25, -0.2) is 27.2 Å². The summed E-state index contributed by atoms with van der Waals surface area (Å²) in [6, 6.07) is 6.70. The summed E-state index contributed by atoms with van der Waals surface area (Å²) in [7, 11) is -4.65. The summed E-state index contributed by atoms with van der Waals surface area (Å²) in [5.41, 5.74) is -0.516. The van der Waals surface area contributed by atoms with E-state index in [9.17, 15) is 30.8 Å². The smallest absolute Gasteiger partial charge is 0.355 e. The third-order valence-electron chi connectivity index (χ3n) is 6.43. The molecule has 0 spiro atoms. The average Bonchev–Trinajstić information content (AvgIpc) is 3.37. The molecule has 0 radical (unpaired) electrons. The van der Waals surface area contributed by atoms with Gasteiger partial charge in [0.1, 0.15) is 17.3 Å². The molecule has 1 aliphatic heterocycles. The van der Waals surface area contributed by atoms with E-state index in [0.717, 1.165) is 30.4 Å². The van der Waals surface area contributed by atoms with E-state index in [1.54, 1.807) is 23.2 Å². The lowest BCUT2D eigenvalue weighted by Gasteiger charge is -2.27. The summed E-state index contributed by atoms with van der Waals surface area (Å²) in [4.78, 5) is 27.1. The summed E-state index contributed by atoms with van der Waals surface area (Å²) >= 11 is 1.88. The number of alkyl halides is 3. The highest BCUT2D eigenvalue weighted by molar-refractivity contribution is 7.99. The molecule has 15 heteroatoms. The maximum atomic E-state index is 15.3. The van der Waals surface area contributed by atoms with E-state index in [-0.39, 0.29) is 16.6 Å². The fourth-order valence-electron chi connectivity index (χ4n) is 4.33. The van der Waals surface area contributed by atoms with Crippen LogP contribution in [0.1, 0.15) is 22.3 Å². The number of carbonyl (C=O) groups excluding carboxylic acids is 1. The molecular weight excluding hydrogens is 589 g/mol. The predicted octanol–water partition coefficient (Wildman–Crippen LogP) is 5.38. The van der Waals surface area contributed by atoms with Gasteiger partial charge in [-0.3, -0.25) is 9.52 Å². The number of anilines is 2. The van der Waals surface area contributed by atoms with Crippen LogP contribution in [0.3, 0.4) is 0 Å². The van der Waals surface area contributed by atoms with Gasteiger partial charge in [0.15, 0.2) is 5.82 Å². The van der Waals surface area contributed by atoms with Gasteiger partial charge in [-0.15, -0.1) is 0 Å². The lowest BCUT2D eigenvalue weighted by Crippen LogP contribution is -2.32. The van der Waals surface area contributed by atoms with Crippen molar-refractivity contribution < 1.29 is 35.2 Å². The van der Waals surface area contributed by atoms with Crippen LogP contribution in [0.15, 0.2) is 48.9 Å². The number of H-pyrrole nitrogens is 1. The number of hydrogen-bond acceptors (Lipinski definition) is 7. The van der Waals surface area contributed by atoms with Crippen LogP contribution >= 0.6 is 11.8 Å². The molecule has 0 aliphatic carbocycles. The van der Waals surface area contributed by atoms with Crippen LogP contribution in [0, 0.1) is 11.6 Å². The Morgan fingerprint density at radius 2 is 1.78 bits per heavy atom. The number of pyridine rings is 2. The van der Waals surface area contributed by atoms with Crippen LogP contribution in [-0.4, -0.2) is 65.7 Å². The van der Waals surface area contributed by atoms with Crippen molar-refractivity contribution in [3.05, 3.63) is 71.7 Å². The van der Waals surface area contributed by atoms with Crippen molar-refractivity contribution in [1.82, 2.24) is 15.0 Å². The van der Waals surface area contributed by atoms with Crippen LogP contribution in [0.2, 0.25) is 0 Å². The third kappa shape index (κ3) is 6.45. The summed E-state index contributed by atoms with van der Waals surface area (Å²) in [6.07, 6.45) is -1.99. The number of nitrogens with zero attached hydrogens (tertiary/aromatic N) is 3. The molecule has 0 saturated carbocycles. The first-order chi connectivity index (χ1) is 19.4. The lowest BCUT2D eigenvalue weighted by atomic mass is 10.00. The van der Waals surface area contributed by atoms with Gasteiger partial charge in [-0.2, -0.15) is 24.9 Å². The minimum absolute atomic E-state index is 0.139. The zero-order chi connectivity index (χ0) is 29.4. The number of aromatic amines is 1. The molecule has 3 aromatic heterocycles. The Labute approximate surface area is 235 Å². The van der Waals surface area contributed by atoms with Crippen molar-refractivity contribution in [2.24, 2.45) is 0 Å². The molecule has 1 aliphatic rings. The molecule has 8 nitrogen and oxygen atoms in total. The van der Waals surface area contributed by atoms with E-state index >= 15 is 4.39 Å². The molecule has 1 aromatic carbocycles. The van der Waals surface area contributed by atoms with E-state index in [1.165, 1.54) is 6.20 Å². The highest BCUT2D eigenvalue weighted by Crippen LogP contribution is 2.30. The van der Waals surface area contributed by atoms with Crippen LogP contribution in [0.5, 0.6) is 0 Å². The van der Waals surface area contributed by atoms with Gasteiger partial charge < -0.3 is 9.88 Å². The maximum Gasteiger partial charge on any atom is 0.390 e. The van der Waals surface area contributed by atoms with E-state index < -0.39 is 57.0 Å². The fourth-order valence-corrected chi connectivity index (χ4v) is 6.33. The number of fused-ring (bicyclic) bond motifs is 1. The highest BCUT2D eigenvalue weighted by Gasteiger charge is 2.31. The number of carbonyl (C=O) groups is 1. The normalized spacial score (nSPS) is 14.4. The monoisotopic (exact) mass is 611 g/mol. The van der Waals surface area contributed by atoms with Crippen molar-refractivity contribution in [3.8, 4) is 11.1 Å². The van der Waals surface area contributed by atoms with Crippen molar-refractivity contribution in [1.29, 1.82) is 0 Å². The summed E-state index contributed by atoms with van der Waals surface area (Å²) in [5, 5.41) is 0.250. The van der Waals surface area contributed by atoms with Crippen LogP contribution < -0.4 is 9.62 Å². The Kier molecular flexibility index (Phi) is 7.92.